The van der Waals surface area contributed by atoms with Gasteiger partial charge in [-0.3, -0.25) is 0 Å². The molecule has 0 aliphatic carbocycles. The molecule has 6 heteroatoms. The summed E-state index contributed by atoms with van der Waals surface area (Å²) in [6, 6.07) is 3.61. The topological polar surface area (TPSA) is 27.0 Å². The van der Waals surface area contributed by atoms with Crippen molar-refractivity contribution in [2.24, 2.45) is 0 Å². The Morgan fingerprint density at radius 2 is 1.94 bits per heavy atom. The fourth-order valence-corrected chi connectivity index (χ4v) is 1.23. The number of anilines is 1. The van der Waals surface area contributed by atoms with E-state index in [1.54, 1.807) is 0 Å². The molecule has 0 aromatic heterocycles. The molecule has 0 heterocycles. The SMILES string of the molecule is CN(CC(F)F)c1ccc(C#N)c(F)c1F. The first-order valence-corrected chi connectivity index (χ1v) is 4.34. The van der Waals surface area contributed by atoms with Gasteiger partial charge in [-0.05, 0) is 12.1 Å². The van der Waals surface area contributed by atoms with Crippen molar-refractivity contribution in [2.75, 3.05) is 18.5 Å². The van der Waals surface area contributed by atoms with Crippen LogP contribution in [0.4, 0.5) is 23.2 Å². The zero-order valence-corrected chi connectivity index (χ0v) is 8.35. The Hall–Kier alpha value is -1.77. The Balaban J connectivity index is 3.08. The molecule has 0 aliphatic heterocycles. The Labute approximate surface area is 89.7 Å². The molecule has 0 saturated heterocycles. The van der Waals surface area contributed by atoms with E-state index in [9.17, 15) is 17.6 Å². The van der Waals surface area contributed by atoms with E-state index < -0.39 is 30.2 Å². The Bertz CT molecular complexity index is 426. The smallest absolute Gasteiger partial charge is 0.255 e. The lowest BCUT2D eigenvalue weighted by Gasteiger charge is -2.19. The van der Waals surface area contributed by atoms with Gasteiger partial charge in [0.2, 0.25) is 0 Å². The highest BCUT2D eigenvalue weighted by molar-refractivity contribution is 5.51. The summed E-state index contributed by atoms with van der Waals surface area (Å²) < 4.78 is 50.6. The third-order valence-corrected chi connectivity index (χ3v) is 2.01. The number of hydrogen-bond donors (Lipinski definition) is 0. The number of nitriles is 1. The maximum Gasteiger partial charge on any atom is 0.255 e. The zero-order valence-electron chi connectivity index (χ0n) is 8.35. The Kier molecular flexibility index (Phi) is 3.72. The molecule has 0 unspecified atom stereocenters. The summed E-state index contributed by atoms with van der Waals surface area (Å²) in [5.74, 6) is -2.61. The number of benzene rings is 1. The fourth-order valence-electron chi connectivity index (χ4n) is 1.23. The fraction of sp³-hybridized carbons (Fsp3) is 0.300. The first-order valence-electron chi connectivity index (χ1n) is 4.34. The molecule has 0 saturated carbocycles. The van der Waals surface area contributed by atoms with Crippen molar-refractivity contribution in [1.29, 1.82) is 5.26 Å². The van der Waals surface area contributed by atoms with E-state index in [0.717, 1.165) is 17.0 Å². The second-order valence-electron chi connectivity index (χ2n) is 3.14. The summed E-state index contributed by atoms with van der Waals surface area (Å²) in [5, 5.41) is 8.43. The first-order chi connectivity index (χ1) is 7.47. The number of halogens is 4. The number of hydrogen-bond acceptors (Lipinski definition) is 2. The second-order valence-corrected chi connectivity index (χ2v) is 3.14. The monoisotopic (exact) mass is 232 g/mol. The highest BCUT2D eigenvalue weighted by atomic mass is 19.3. The molecule has 0 radical (unpaired) electrons. The van der Waals surface area contributed by atoms with Gasteiger partial charge in [0.25, 0.3) is 6.43 Å². The molecule has 0 fully saturated rings. The van der Waals surface area contributed by atoms with Crippen LogP contribution >= 0.6 is 0 Å². The molecule has 0 N–H and O–H groups in total. The molecular weight excluding hydrogens is 224 g/mol. The van der Waals surface area contributed by atoms with E-state index in [1.807, 2.05) is 0 Å². The van der Waals surface area contributed by atoms with Crippen molar-refractivity contribution in [2.45, 2.75) is 6.43 Å². The molecule has 0 aliphatic rings. The quantitative estimate of drug-likeness (QED) is 0.749. The number of nitrogens with zero attached hydrogens (tertiary/aromatic N) is 2. The maximum atomic E-state index is 13.3. The average Bonchev–Trinajstić information content (AvgIpc) is 2.20. The van der Waals surface area contributed by atoms with Crippen LogP contribution in [0.1, 0.15) is 5.56 Å². The van der Waals surface area contributed by atoms with Crippen LogP contribution in [0, 0.1) is 23.0 Å². The molecule has 1 rings (SSSR count). The zero-order chi connectivity index (χ0) is 12.3. The van der Waals surface area contributed by atoms with Crippen LogP contribution in [0.15, 0.2) is 12.1 Å². The van der Waals surface area contributed by atoms with E-state index in [1.165, 1.54) is 13.1 Å². The van der Waals surface area contributed by atoms with E-state index in [4.69, 9.17) is 5.26 Å². The predicted molar refractivity (Wildman–Crippen MR) is 50.3 cm³/mol. The van der Waals surface area contributed by atoms with Crippen LogP contribution in [0.3, 0.4) is 0 Å². The van der Waals surface area contributed by atoms with Crippen molar-refractivity contribution in [3.05, 3.63) is 29.3 Å². The van der Waals surface area contributed by atoms with Gasteiger partial charge in [-0.25, -0.2) is 17.6 Å². The Morgan fingerprint density at radius 1 is 1.31 bits per heavy atom. The minimum Gasteiger partial charge on any atom is -0.366 e. The van der Waals surface area contributed by atoms with Gasteiger partial charge in [-0.1, -0.05) is 0 Å². The summed E-state index contributed by atoms with van der Waals surface area (Å²) in [4.78, 5) is 0.893. The highest BCUT2D eigenvalue weighted by Crippen LogP contribution is 2.23. The van der Waals surface area contributed by atoms with Crippen molar-refractivity contribution in [3.8, 4) is 6.07 Å². The maximum absolute atomic E-state index is 13.3. The lowest BCUT2D eigenvalue weighted by Crippen LogP contribution is -2.25. The first kappa shape index (κ1) is 12.3. The van der Waals surface area contributed by atoms with Crippen molar-refractivity contribution >= 4 is 5.69 Å². The van der Waals surface area contributed by atoms with Crippen molar-refractivity contribution < 1.29 is 17.6 Å². The average molecular weight is 232 g/mol. The van der Waals surface area contributed by atoms with Crippen LogP contribution in [-0.4, -0.2) is 20.0 Å². The molecule has 16 heavy (non-hydrogen) atoms. The molecule has 0 spiro atoms. The summed E-state index contributed by atoms with van der Waals surface area (Å²) in [6.07, 6.45) is -2.65. The van der Waals surface area contributed by atoms with E-state index in [-0.39, 0.29) is 5.69 Å². The van der Waals surface area contributed by atoms with Crippen LogP contribution in [0.25, 0.3) is 0 Å². The van der Waals surface area contributed by atoms with Gasteiger partial charge in [0, 0.05) is 7.05 Å². The predicted octanol–water partition coefficient (Wildman–Crippen LogP) is 2.54. The van der Waals surface area contributed by atoms with Gasteiger partial charge < -0.3 is 4.90 Å². The summed E-state index contributed by atoms with van der Waals surface area (Å²) in [7, 11) is 1.22. The van der Waals surface area contributed by atoms with Gasteiger partial charge in [0.1, 0.15) is 6.07 Å². The Morgan fingerprint density at radius 3 is 2.44 bits per heavy atom. The van der Waals surface area contributed by atoms with Crippen molar-refractivity contribution in [3.63, 3.8) is 0 Å². The normalized spacial score (nSPS) is 10.3. The number of rotatable bonds is 3. The van der Waals surface area contributed by atoms with Crippen LogP contribution in [0.2, 0.25) is 0 Å². The number of alkyl halides is 2. The van der Waals surface area contributed by atoms with Gasteiger partial charge in [-0.15, -0.1) is 0 Å². The molecule has 1 aromatic carbocycles. The highest BCUT2D eigenvalue weighted by Gasteiger charge is 2.17. The minimum absolute atomic E-state index is 0.295. The van der Waals surface area contributed by atoms with E-state index in [2.05, 4.69) is 0 Å². The van der Waals surface area contributed by atoms with Gasteiger partial charge in [0.05, 0.1) is 17.8 Å². The van der Waals surface area contributed by atoms with Gasteiger partial charge in [-0.2, -0.15) is 5.26 Å². The van der Waals surface area contributed by atoms with Crippen LogP contribution < -0.4 is 4.90 Å². The summed E-state index contributed by atoms with van der Waals surface area (Å²) in [6.45, 7) is -0.706. The second kappa shape index (κ2) is 4.84. The molecule has 0 atom stereocenters. The molecule has 2 nitrogen and oxygen atoms in total. The third kappa shape index (κ3) is 2.42. The van der Waals surface area contributed by atoms with Gasteiger partial charge >= 0.3 is 0 Å². The molecular formula is C10H8F4N2. The lowest BCUT2D eigenvalue weighted by molar-refractivity contribution is 0.156. The van der Waals surface area contributed by atoms with E-state index in [0.29, 0.717) is 0 Å². The van der Waals surface area contributed by atoms with Gasteiger partial charge in [0.15, 0.2) is 11.6 Å². The minimum atomic E-state index is -2.65. The van der Waals surface area contributed by atoms with Crippen LogP contribution in [0.5, 0.6) is 0 Å². The molecule has 1 aromatic rings. The largest absolute Gasteiger partial charge is 0.366 e. The summed E-state index contributed by atoms with van der Waals surface area (Å²) in [5.41, 5.74) is -0.747. The molecule has 86 valence electrons. The van der Waals surface area contributed by atoms with Crippen molar-refractivity contribution in [1.82, 2.24) is 0 Å². The summed E-state index contributed by atoms with van der Waals surface area (Å²) >= 11 is 0. The standard InChI is InChI=1S/C10H8F4N2/c1-16(5-8(11)12)7-3-2-6(4-15)9(13)10(7)14/h2-3,8H,5H2,1H3. The molecule has 0 amide bonds. The van der Waals surface area contributed by atoms with Crippen LogP contribution in [-0.2, 0) is 0 Å². The third-order valence-electron chi connectivity index (χ3n) is 2.01. The van der Waals surface area contributed by atoms with E-state index >= 15 is 0 Å². The molecule has 0 bridgehead atoms. The lowest BCUT2D eigenvalue weighted by atomic mass is 10.2.